The van der Waals surface area contributed by atoms with Crippen LogP contribution in [-0.4, -0.2) is 15.0 Å². The molecule has 1 aliphatic rings. The van der Waals surface area contributed by atoms with E-state index < -0.39 is 0 Å². The Morgan fingerprint density at radius 1 is 0.952 bits per heavy atom. The smallest absolute Gasteiger partial charge is 0.0858 e. The minimum atomic E-state index is 0.412. The maximum atomic E-state index is 4.13. The van der Waals surface area contributed by atoms with Gasteiger partial charge in [0.05, 0.1) is 24.1 Å². The Kier molecular flexibility index (Phi) is 2.92. The van der Waals surface area contributed by atoms with E-state index in [1.807, 2.05) is 12.1 Å². The maximum Gasteiger partial charge on any atom is 0.0858 e. The summed E-state index contributed by atoms with van der Waals surface area (Å²) in [6, 6.07) is 17.3. The Hall–Kier alpha value is -2.62. The molecule has 0 aliphatic heterocycles. The van der Waals surface area contributed by atoms with Gasteiger partial charge in [-0.05, 0) is 48.2 Å². The molecule has 0 fully saturated rings. The van der Waals surface area contributed by atoms with Gasteiger partial charge in [0.15, 0.2) is 0 Å². The van der Waals surface area contributed by atoms with Gasteiger partial charge in [-0.2, -0.15) is 15.0 Å². The third-order valence-electron chi connectivity index (χ3n) is 3.99. The number of aromatic nitrogens is 3. The highest BCUT2D eigenvalue weighted by Crippen LogP contribution is 2.33. The van der Waals surface area contributed by atoms with Gasteiger partial charge in [-0.1, -0.05) is 24.3 Å². The van der Waals surface area contributed by atoms with Crippen molar-refractivity contribution in [1.29, 1.82) is 0 Å². The zero-order chi connectivity index (χ0) is 14.1. The lowest BCUT2D eigenvalue weighted by atomic mass is 10.1. The van der Waals surface area contributed by atoms with E-state index in [1.54, 1.807) is 17.2 Å². The number of hydrogen-bond acceptors (Lipinski definition) is 3. The van der Waals surface area contributed by atoms with Gasteiger partial charge in [-0.25, -0.2) is 0 Å². The summed E-state index contributed by atoms with van der Waals surface area (Å²) in [6.07, 6.45) is 5.67. The number of anilines is 1. The first-order valence-electron chi connectivity index (χ1n) is 7.21. The molecule has 104 valence electrons. The number of nitrogens with one attached hydrogen (secondary N) is 1. The first-order valence-corrected chi connectivity index (χ1v) is 7.21. The Labute approximate surface area is 123 Å². The molecule has 1 heterocycles. The van der Waals surface area contributed by atoms with Crippen molar-refractivity contribution in [1.82, 2.24) is 15.0 Å². The van der Waals surface area contributed by atoms with Crippen LogP contribution in [0, 0.1) is 0 Å². The largest absolute Gasteiger partial charge is 0.378 e. The van der Waals surface area contributed by atoms with Crippen molar-refractivity contribution in [3.05, 3.63) is 72.1 Å². The fourth-order valence-electron chi connectivity index (χ4n) is 2.95. The van der Waals surface area contributed by atoms with Gasteiger partial charge < -0.3 is 5.32 Å². The van der Waals surface area contributed by atoms with Crippen molar-refractivity contribution >= 4 is 5.69 Å². The van der Waals surface area contributed by atoms with Crippen LogP contribution >= 0.6 is 0 Å². The lowest BCUT2D eigenvalue weighted by Gasteiger charge is -2.15. The molecule has 2 aromatic carbocycles. The van der Waals surface area contributed by atoms with Crippen LogP contribution in [0.25, 0.3) is 5.69 Å². The number of hydrogen-bond donors (Lipinski definition) is 1. The number of rotatable bonds is 3. The monoisotopic (exact) mass is 276 g/mol. The molecule has 0 amide bonds. The second kappa shape index (κ2) is 5.05. The highest BCUT2D eigenvalue weighted by atomic mass is 15.5. The fraction of sp³-hybridized carbons (Fsp3) is 0.176. The van der Waals surface area contributed by atoms with Crippen molar-refractivity contribution in [2.24, 2.45) is 0 Å². The van der Waals surface area contributed by atoms with E-state index in [0.29, 0.717) is 6.04 Å². The zero-order valence-corrected chi connectivity index (χ0v) is 11.6. The third kappa shape index (κ3) is 2.29. The number of nitrogens with zero attached hydrogens (tertiary/aromatic N) is 3. The van der Waals surface area contributed by atoms with Crippen LogP contribution in [0.15, 0.2) is 60.9 Å². The molecule has 0 bridgehead atoms. The van der Waals surface area contributed by atoms with Crippen LogP contribution in [0.2, 0.25) is 0 Å². The van der Waals surface area contributed by atoms with Gasteiger partial charge in [0.2, 0.25) is 0 Å². The Morgan fingerprint density at radius 2 is 1.71 bits per heavy atom. The first kappa shape index (κ1) is 12.1. The molecule has 1 atom stereocenters. The maximum absolute atomic E-state index is 4.13. The highest BCUT2D eigenvalue weighted by Gasteiger charge is 2.21. The second-order valence-electron chi connectivity index (χ2n) is 5.30. The van der Waals surface area contributed by atoms with Crippen molar-refractivity contribution < 1.29 is 0 Å². The summed E-state index contributed by atoms with van der Waals surface area (Å²) in [7, 11) is 0. The molecule has 1 aliphatic carbocycles. The third-order valence-corrected chi connectivity index (χ3v) is 3.99. The number of fused-ring (bicyclic) bond motifs is 1. The molecule has 0 saturated heterocycles. The van der Waals surface area contributed by atoms with Gasteiger partial charge in [0.1, 0.15) is 0 Å². The minimum Gasteiger partial charge on any atom is -0.378 e. The van der Waals surface area contributed by atoms with Crippen molar-refractivity contribution in [3.8, 4) is 5.69 Å². The minimum absolute atomic E-state index is 0.412. The summed E-state index contributed by atoms with van der Waals surface area (Å²) in [4.78, 5) is 1.62. The predicted octanol–water partition coefficient (Wildman–Crippen LogP) is 3.37. The molecule has 1 unspecified atom stereocenters. The lowest BCUT2D eigenvalue weighted by molar-refractivity contribution is 0.749. The standard InChI is InChI=1S/C17H16N4/c1-2-4-16-13(3-1)5-10-17(16)20-14-6-8-15(9-7-14)21-18-11-12-19-21/h1-4,6-9,11-12,17,20H,5,10H2. The molecule has 0 spiro atoms. The molecule has 4 heteroatoms. The normalized spacial score (nSPS) is 16.7. The fourth-order valence-corrected chi connectivity index (χ4v) is 2.95. The van der Waals surface area contributed by atoms with E-state index in [2.05, 4.69) is 51.9 Å². The predicted molar refractivity (Wildman–Crippen MR) is 82.5 cm³/mol. The quantitative estimate of drug-likeness (QED) is 0.797. The van der Waals surface area contributed by atoms with Crippen molar-refractivity contribution in [2.45, 2.75) is 18.9 Å². The average molecular weight is 276 g/mol. The summed E-state index contributed by atoms with van der Waals surface area (Å²) in [5.74, 6) is 0. The average Bonchev–Trinajstić information content (AvgIpc) is 3.19. The summed E-state index contributed by atoms with van der Waals surface area (Å²) in [6.45, 7) is 0. The summed E-state index contributed by atoms with van der Waals surface area (Å²) >= 11 is 0. The van der Waals surface area contributed by atoms with E-state index >= 15 is 0 Å². The molecule has 0 radical (unpaired) electrons. The molecule has 3 aromatic rings. The van der Waals surface area contributed by atoms with Crippen LogP contribution in [0.1, 0.15) is 23.6 Å². The van der Waals surface area contributed by atoms with Gasteiger partial charge in [-0.15, -0.1) is 0 Å². The lowest BCUT2D eigenvalue weighted by Crippen LogP contribution is -2.07. The SMILES string of the molecule is c1ccc2c(c1)CCC2Nc1ccc(-n2nccn2)cc1. The van der Waals surface area contributed by atoms with E-state index in [-0.39, 0.29) is 0 Å². The molecule has 21 heavy (non-hydrogen) atoms. The van der Waals surface area contributed by atoms with Crippen molar-refractivity contribution in [2.75, 3.05) is 5.32 Å². The molecule has 4 rings (SSSR count). The van der Waals surface area contributed by atoms with Crippen LogP contribution in [0.3, 0.4) is 0 Å². The Balaban J connectivity index is 1.53. The molecule has 1 aromatic heterocycles. The van der Waals surface area contributed by atoms with Gasteiger partial charge in [-0.3, -0.25) is 0 Å². The van der Waals surface area contributed by atoms with Gasteiger partial charge in [0.25, 0.3) is 0 Å². The van der Waals surface area contributed by atoms with E-state index in [9.17, 15) is 0 Å². The highest BCUT2D eigenvalue weighted by molar-refractivity contribution is 5.51. The number of aryl methyl sites for hydroxylation is 1. The molecular formula is C17H16N4. The summed E-state index contributed by atoms with van der Waals surface area (Å²) in [5, 5.41) is 11.9. The second-order valence-corrected chi connectivity index (χ2v) is 5.30. The van der Waals surface area contributed by atoms with Crippen LogP contribution < -0.4 is 5.32 Å². The van der Waals surface area contributed by atoms with Crippen molar-refractivity contribution in [3.63, 3.8) is 0 Å². The van der Waals surface area contributed by atoms with Gasteiger partial charge in [0, 0.05) is 5.69 Å². The Morgan fingerprint density at radius 3 is 2.52 bits per heavy atom. The van der Waals surface area contributed by atoms with Crippen LogP contribution in [0.4, 0.5) is 5.69 Å². The molecular weight excluding hydrogens is 260 g/mol. The molecule has 4 nitrogen and oxygen atoms in total. The zero-order valence-electron chi connectivity index (χ0n) is 11.6. The Bertz CT molecular complexity index is 732. The molecule has 0 saturated carbocycles. The van der Waals surface area contributed by atoms with E-state index in [4.69, 9.17) is 0 Å². The van der Waals surface area contributed by atoms with E-state index in [0.717, 1.165) is 24.2 Å². The first-order chi connectivity index (χ1) is 10.4. The molecule has 1 N–H and O–H groups in total. The topological polar surface area (TPSA) is 42.7 Å². The van der Waals surface area contributed by atoms with Crippen LogP contribution in [0.5, 0.6) is 0 Å². The van der Waals surface area contributed by atoms with Gasteiger partial charge >= 0.3 is 0 Å². The summed E-state index contributed by atoms with van der Waals surface area (Å²) in [5.41, 5.74) is 4.99. The number of benzene rings is 2. The van der Waals surface area contributed by atoms with Crippen LogP contribution in [-0.2, 0) is 6.42 Å². The van der Waals surface area contributed by atoms with E-state index in [1.165, 1.54) is 11.1 Å². The summed E-state index contributed by atoms with van der Waals surface area (Å²) < 4.78 is 0.